The fraction of sp³-hybridized carbons (Fsp3) is 1.00. The summed E-state index contributed by atoms with van der Waals surface area (Å²) >= 11 is 8.72. The third-order valence-electron chi connectivity index (χ3n) is 4.48. The Morgan fingerprint density at radius 1 is 0.800 bits per heavy atom. The minimum absolute atomic E-state index is 0.493. The molecule has 0 aromatic carbocycles. The van der Waals surface area contributed by atoms with Crippen molar-refractivity contribution in [1.82, 2.24) is 0 Å². The molecule has 0 aromatic heterocycles. The maximum Gasteiger partial charge on any atom is 0.0336 e. The molecule has 0 spiro atoms. The van der Waals surface area contributed by atoms with Crippen molar-refractivity contribution < 1.29 is 0 Å². The van der Waals surface area contributed by atoms with Gasteiger partial charge in [0.05, 0.1) is 0 Å². The lowest BCUT2D eigenvalue weighted by molar-refractivity contribution is 0.176. The van der Waals surface area contributed by atoms with E-state index in [0.29, 0.717) is 5.38 Å². The van der Waals surface area contributed by atoms with Crippen molar-refractivity contribution in [1.29, 1.82) is 0 Å². The molecule has 0 atom stereocenters. The van der Waals surface area contributed by atoms with Gasteiger partial charge in [0.25, 0.3) is 0 Å². The number of rotatable bonds is 2. The van der Waals surface area contributed by atoms with Crippen LogP contribution in [0.3, 0.4) is 0 Å². The van der Waals surface area contributed by atoms with Gasteiger partial charge < -0.3 is 0 Å². The van der Waals surface area contributed by atoms with Gasteiger partial charge in [-0.05, 0) is 69.1 Å². The molecule has 0 N–H and O–H groups in total. The predicted molar refractivity (Wildman–Crippen MR) is 75.9 cm³/mol. The second kappa shape index (κ2) is 6.09. The van der Waals surface area contributed by atoms with Crippen molar-refractivity contribution in [3.63, 3.8) is 0 Å². The van der Waals surface area contributed by atoms with Crippen LogP contribution in [-0.2, 0) is 0 Å². The van der Waals surface area contributed by atoms with Gasteiger partial charge in [-0.15, -0.1) is 11.6 Å². The van der Waals surface area contributed by atoms with Crippen molar-refractivity contribution in [3.8, 4) is 0 Å². The van der Waals surface area contributed by atoms with E-state index in [4.69, 9.17) is 11.6 Å². The molecule has 0 aliphatic heterocycles. The van der Waals surface area contributed by atoms with Gasteiger partial charge >= 0.3 is 0 Å². The Balaban J connectivity index is 1.75. The number of halogens is 2. The Hall–Kier alpha value is 1.02. The van der Waals surface area contributed by atoms with Gasteiger partial charge in [0.15, 0.2) is 0 Å². The number of hydrogen-bond acceptors (Lipinski definition) is 0. The molecule has 0 nitrogen and oxygen atoms in total. The van der Waals surface area contributed by atoms with Crippen LogP contribution in [0.25, 0.3) is 0 Å². The minimum atomic E-state index is 0.493. The summed E-state index contributed by atoms with van der Waals surface area (Å²) in [6.07, 6.45) is 11.4. The van der Waals surface area contributed by atoms with Gasteiger partial charge in [-0.3, -0.25) is 0 Å². The predicted octanol–water partition coefficient (Wildman–Crippen LogP) is 5.03. The highest BCUT2D eigenvalue weighted by atomic mass is 127. The van der Waals surface area contributed by atoms with Crippen molar-refractivity contribution in [2.24, 2.45) is 17.8 Å². The molecule has 15 heavy (non-hydrogen) atoms. The molecule has 2 fully saturated rings. The Kier molecular flexibility index (Phi) is 5.06. The highest BCUT2D eigenvalue weighted by Gasteiger charge is 2.29. The third-order valence-corrected chi connectivity index (χ3v) is 6.16. The summed E-state index contributed by atoms with van der Waals surface area (Å²) < 4.78 is 1.37. The summed E-state index contributed by atoms with van der Waals surface area (Å²) in [6.45, 7) is 0. The molecule has 0 aromatic rings. The normalized spacial score (nSPS) is 42.8. The molecule has 2 rings (SSSR count). The standard InChI is InChI=1S/C13H22ClI/c14-13-7-5-12(6-8-13)11-3-1-10(9-15)2-4-11/h10-13H,1-9H2. The van der Waals surface area contributed by atoms with Crippen LogP contribution in [0.2, 0.25) is 0 Å². The zero-order chi connectivity index (χ0) is 10.7. The maximum atomic E-state index is 6.17. The van der Waals surface area contributed by atoms with Crippen molar-refractivity contribution in [2.45, 2.75) is 56.7 Å². The topological polar surface area (TPSA) is 0 Å². The first kappa shape index (κ1) is 12.5. The first-order valence-electron chi connectivity index (χ1n) is 6.49. The second-order valence-corrected chi connectivity index (χ2v) is 6.95. The van der Waals surface area contributed by atoms with Gasteiger partial charge in [0, 0.05) is 9.80 Å². The molecule has 0 unspecified atom stereocenters. The molecule has 2 aliphatic carbocycles. The molecular weight excluding hydrogens is 319 g/mol. The molecule has 0 saturated heterocycles. The fourth-order valence-corrected chi connectivity index (χ4v) is 4.50. The molecule has 0 heterocycles. The van der Waals surface area contributed by atoms with Crippen molar-refractivity contribution >= 4 is 34.2 Å². The number of hydrogen-bond donors (Lipinski definition) is 0. The molecule has 0 radical (unpaired) electrons. The monoisotopic (exact) mass is 340 g/mol. The smallest absolute Gasteiger partial charge is 0.0336 e. The molecule has 0 amide bonds. The fourth-order valence-electron chi connectivity index (χ4n) is 3.36. The highest BCUT2D eigenvalue weighted by molar-refractivity contribution is 14.1. The Labute approximate surface area is 113 Å². The lowest BCUT2D eigenvalue weighted by Gasteiger charge is -2.36. The van der Waals surface area contributed by atoms with Crippen LogP contribution in [0.4, 0.5) is 0 Å². The molecule has 2 saturated carbocycles. The number of alkyl halides is 2. The van der Waals surface area contributed by atoms with E-state index in [-0.39, 0.29) is 0 Å². The summed E-state index contributed by atoms with van der Waals surface area (Å²) in [7, 11) is 0. The molecule has 2 aliphatic rings. The van der Waals surface area contributed by atoms with Crippen LogP contribution in [-0.4, -0.2) is 9.80 Å². The zero-order valence-electron chi connectivity index (χ0n) is 9.43. The molecule has 88 valence electrons. The summed E-state index contributed by atoms with van der Waals surface area (Å²) in [5, 5.41) is 0.493. The van der Waals surface area contributed by atoms with E-state index in [0.717, 1.165) is 17.8 Å². The van der Waals surface area contributed by atoms with Crippen LogP contribution in [0.5, 0.6) is 0 Å². The van der Waals surface area contributed by atoms with Crippen LogP contribution >= 0.6 is 34.2 Å². The van der Waals surface area contributed by atoms with Crippen LogP contribution in [0, 0.1) is 17.8 Å². The Morgan fingerprint density at radius 2 is 1.27 bits per heavy atom. The summed E-state index contributed by atoms with van der Waals surface area (Å²) in [5.74, 6) is 3.11. The lowest BCUT2D eigenvalue weighted by atomic mass is 9.71. The quantitative estimate of drug-likeness (QED) is 0.489. The van der Waals surface area contributed by atoms with Gasteiger partial charge in [0.1, 0.15) is 0 Å². The van der Waals surface area contributed by atoms with Gasteiger partial charge in [-0.25, -0.2) is 0 Å². The van der Waals surface area contributed by atoms with Gasteiger partial charge in [-0.1, -0.05) is 22.6 Å². The van der Waals surface area contributed by atoms with E-state index in [1.807, 2.05) is 0 Å². The second-order valence-electron chi connectivity index (χ2n) is 5.45. The van der Waals surface area contributed by atoms with Crippen molar-refractivity contribution in [2.75, 3.05) is 4.43 Å². The molecule has 0 bridgehead atoms. The highest BCUT2D eigenvalue weighted by Crippen LogP contribution is 2.41. The van der Waals surface area contributed by atoms with E-state index < -0.39 is 0 Å². The minimum Gasteiger partial charge on any atom is -0.123 e. The summed E-state index contributed by atoms with van der Waals surface area (Å²) in [6, 6.07) is 0. The molecular formula is C13H22ClI. The van der Waals surface area contributed by atoms with E-state index in [9.17, 15) is 0 Å². The Morgan fingerprint density at radius 3 is 1.73 bits per heavy atom. The SMILES string of the molecule is ClC1CCC(C2CCC(CI)CC2)CC1. The summed E-state index contributed by atoms with van der Waals surface area (Å²) in [4.78, 5) is 0. The zero-order valence-corrected chi connectivity index (χ0v) is 12.3. The summed E-state index contributed by atoms with van der Waals surface area (Å²) in [5.41, 5.74) is 0. The van der Waals surface area contributed by atoms with E-state index in [2.05, 4.69) is 22.6 Å². The van der Waals surface area contributed by atoms with Crippen LogP contribution < -0.4 is 0 Å². The Bertz CT molecular complexity index is 179. The molecule has 2 heteroatoms. The van der Waals surface area contributed by atoms with Crippen LogP contribution in [0.1, 0.15) is 51.4 Å². The van der Waals surface area contributed by atoms with Crippen LogP contribution in [0.15, 0.2) is 0 Å². The average Bonchev–Trinajstić information content (AvgIpc) is 2.30. The largest absolute Gasteiger partial charge is 0.123 e. The maximum absolute atomic E-state index is 6.17. The van der Waals surface area contributed by atoms with Gasteiger partial charge in [-0.2, -0.15) is 0 Å². The third kappa shape index (κ3) is 3.49. The first-order valence-corrected chi connectivity index (χ1v) is 8.46. The van der Waals surface area contributed by atoms with E-state index in [1.165, 1.54) is 55.8 Å². The average molecular weight is 341 g/mol. The van der Waals surface area contributed by atoms with E-state index in [1.54, 1.807) is 0 Å². The van der Waals surface area contributed by atoms with E-state index >= 15 is 0 Å². The van der Waals surface area contributed by atoms with Crippen molar-refractivity contribution in [3.05, 3.63) is 0 Å². The first-order chi connectivity index (χ1) is 7.29. The van der Waals surface area contributed by atoms with Gasteiger partial charge in [0.2, 0.25) is 0 Å². The lowest BCUT2D eigenvalue weighted by Crippen LogP contribution is -2.26.